The molecule has 19 heavy (non-hydrogen) atoms. The SMILES string of the molecule is CCCCOc1ccc(CNC(C)(CC)CC)cc1. The average Bonchev–Trinajstić information content (AvgIpc) is 2.46. The van der Waals surface area contributed by atoms with Gasteiger partial charge in [-0.1, -0.05) is 39.3 Å². The number of rotatable bonds is 9. The minimum atomic E-state index is 0.246. The van der Waals surface area contributed by atoms with E-state index in [4.69, 9.17) is 4.74 Å². The molecule has 0 bridgehead atoms. The lowest BCUT2D eigenvalue weighted by molar-refractivity contribution is 0.309. The van der Waals surface area contributed by atoms with Gasteiger partial charge in [0, 0.05) is 12.1 Å². The predicted molar refractivity (Wildman–Crippen MR) is 82.7 cm³/mol. The van der Waals surface area contributed by atoms with E-state index in [0.717, 1.165) is 38.2 Å². The Bertz CT molecular complexity index is 341. The summed E-state index contributed by atoms with van der Waals surface area (Å²) in [5, 5.41) is 3.64. The van der Waals surface area contributed by atoms with E-state index in [0.29, 0.717) is 0 Å². The number of ether oxygens (including phenoxy) is 1. The summed E-state index contributed by atoms with van der Waals surface area (Å²) in [4.78, 5) is 0. The second-order valence-corrected chi connectivity index (χ2v) is 5.47. The van der Waals surface area contributed by atoms with Crippen LogP contribution < -0.4 is 10.1 Å². The summed E-state index contributed by atoms with van der Waals surface area (Å²) in [6, 6.07) is 8.45. The monoisotopic (exact) mass is 263 g/mol. The van der Waals surface area contributed by atoms with Crippen molar-refractivity contribution < 1.29 is 4.74 Å². The summed E-state index contributed by atoms with van der Waals surface area (Å²) in [5.41, 5.74) is 1.56. The summed E-state index contributed by atoms with van der Waals surface area (Å²) in [5.74, 6) is 0.978. The van der Waals surface area contributed by atoms with Crippen molar-refractivity contribution in [3.63, 3.8) is 0 Å². The third-order valence-corrected chi connectivity index (χ3v) is 3.97. The first kappa shape index (κ1) is 16.0. The maximum absolute atomic E-state index is 5.67. The third kappa shape index (κ3) is 5.65. The van der Waals surface area contributed by atoms with Crippen LogP contribution in [0.5, 0.6) is 5.75 Å². The van der Waals surface area contributed by atoms with Crippen LogP contribution in [0, 0.1) is 0 Å². The Balaban J connectivity index is 2.43. The molecule has 108 valence electrons. The van der Waals surface area contributed by atoms with Gasteiger partial charge in [0.1, 0.15) is 5.75 Å². The zero-order chi connectivity index (χ0) is 14.1. The summed E-state index contributed by atoms with van der Waals surface area (Å²) >= 11 is 0. The Morgan fingerprint density at radius 3 is 2.21 bits per heavy atom. The average molecular weight is 263 g/mol. The third-order valence-electron chi connectivity index (χ3n) is 3.97. The summed E-state index contributed by atoms with van der Waals surface area (Å²) in [6.07, 6.45) is 4.60. The molecule has 0 saturated heterocycles. The summed E-state index contributed by atoms with van der Waals surface area (Å²) in [6.45, 7) is 10.7. The van der Waals surface area contributed by atoms with Crippen LogP contribution in [0.2, 0.25) is 0 Å². The largest absolute Gasteiger partial charge is 0.494 e. The van der Waals surface area contributed by atoms with Crippen molar-refractivity contribution in [3.8, 4) is 5.75 Å². The molecule has 0 amide bonds. The predicted octanol–water partition coefficient (Wildman–Crippen LogP) is 4.53. The number of hydrogen-bond acceptors (Lipinski definition) is 2. The van der Waals surface area contributed by atoms with Crippen molar-refractivity contribution in [2.24, 2.45) is 0 Å². The second kappa shape index (κ2) is 8.21. The van der Waals surface area contributed by atoms with Gasteiger partial charge in [-0.05, 0) is 43.9 Å². The van der Waals surface area contributed by atoms with Gasteiger partial charge >= 0.3 is 0 Å². The zero-order valence-corrected chi connectivity index (χ0v) is 13.0. The Labute approximate surface area is 118 Å². The van der Waals surface area contributed by atoms with Gasteiger partial charge in [-0.25, -0.2) is 0 Å². The first-order valence-corrected chi connectivity index (χ1v) is 7.60. The van der Waals surface area contributed by atoms with Gasteiger partial charge in [0.25, 0.3) is 0 Å². The van der Waals surface area contributed by atoms with E-state index >= 15 is 0 Å². The van der Waals surface area contributed by atoms with Crippen LogP contribution in [0.15, 0.2) is 24.3 Å². The normalized spacial score (nSPS) is 11.6. The highest BCUT2D eigenvalue weighted by Gasteiger charge is 2.17. The number of benzene rings is 1. The van der Waals surface area contributed by atoms with Crippen molar-refractivity contribution in [2.75, 3.05) is 6.61 Å². The molecule has 0 heterocycles. The molecule has 0 saturated carbocycles. The molecule has 1 aromatic rings. The van der Waals surface area contributed by atoms with Gasteiger partial charge in [0.15, 0.2) is 0 Å². The van der Waals surface area contributed by atoms with Crippen LogP contribution in [0.1, 0.15) is 58.9 Å². The molecular weight excluding hydrogens is 234 g/mol. The first-order valence-electron chi connectivity index (χ1n) is 7.60. The number of nitrogens with one attached hydrogen (secondary N) is 1. The van der Waals surface area contributed by atoms with E-state index < -0.39 is 0 Å². The molecule has 1 rings (SSSR count). The lowest BCUT2D eigenvalue weighted by Gasteiger charge is -2.28. The molecule has 0 unspecified atom stereocenters. The van der Waals surface area contributed by atoms with E-state index in [2.05, 4.69) is 57.3 Å². The van der Waals surface area contributed by atoms with Gasteiger partial charge in [-0.3, -0.25) is 0 Å². The van der Waals surface area contributed by atoms with E-state index in [1.165, 1.54) is 12.0 Å². The molecule has 0 atom stereocenters. The second-order valence-electron chi connectivity index (χ2n) is 5.47. The van der Waals surface area contributed by atoms with Gasteiger partial charge in [-0.2, -0.15) is 0 Å². The molecule has 0 aliphatic heterocycles. The van der Waals surface area contributed by atoms with Gasteiger partial charge < -0.3 is 10.1 Å². The van der Waals surface area contributed by atoms with Gasteiger partial charge in [-0.15, -0.1) is 0 Å². The fraction of sp³-hybridized carbons (Fsp3) is 0.647. The Morgan fingerprint density at radius 1 is 1.05 bits per heavy atom. The van der Waals surface area contributed by atoms with Crippen LogP contribution in [0.4, 0.5) is 0 Å². The zero-order valence-electron chi connectivity index (χ0n) is 13.0. The molecule has 0 aliphatic carbocycles. The van der Waals surface area contributed by atoms with Crippen LogP contribution >= 0.6 is 0 Å². The summed E-state index contributed by atoms with van der Waals surface area (Å²) in [7, 11) is 0. The molecular formula is C17H29NO. The Kier molecular flexibility index (Phi) is 6.93. The lowest BCUT2D eigenvalue weighted by atomic mass is 9.95. The van der Waals surface area contributed by atoms with Crippen molar-refractivity contribution in [1.29, 1.82) is 0 Å². The minimum Gasteiger partial charge on any atom is -0.494 e. The fourth-order valence-corrected chi connectivity index (χ4v) is 1.85. The molecule has 1 aromatic carbocycles. The first-order chi connectivity index (χ1) is 9.13. The Morgan fingerprint density at radius 2 is 1.68 bits per heavy atom. The molecule has 0 aromatic heterocycles. The number of hydrogen-bond donors (Lipinski definition) is 1. The standard InChI is InChI=1S/C17H29NO/c1-5-8-13-19-16-11-9-15(10-12-16)14-18-17(4,6-2)7-3/h9-12,18H,5-8,13-14H2,1-4H3. The Hall–Kier alpha value is -1.02. The smallest absolute Gasteiger partial charge is 0.119 e. The summed E-state index contributed by atoms with van der Waals surface area (Å²) < 4.78 is 5.67. The van der Waals surface area contributed by atoms with Gasteiger partial charge in [0.05, 0.1) is 6.61 Å². The highest BCUT2D eigenvalue weighted by molar-refractivity contribution is 5.27. The van der Waals surface area contributed by atoms with E-state index in [1.807, 2.05) is 0 Å². The van der Waals surface area contributed by atoms with Crippen molar-refractivity contribution in [3.05, 3.63) is 29.8 Å². The topological polar surface area (TPSA) is 21.3 Å². The van der Waals surface area contributed by atoms with Crippen LogP contribution in [0.25, 0.3) is 0 Å². The van der Waals surface area contributed by atoms with Crippen LogP contribution in [-0.2, 0) is 6.54 Å². The molecule has 2 nitrogen and oxygen atoms in total. The van der Waals surface area contributed by atoms with E-state index in [-0.39, 0.29) is 5.54 Å². The molecule has 0 fully saturated rings. The molecule has 2 heteroatoms. The molecule has 0 radical (unpaired) electrons. The van der Waals surface area contributed by atoms with Crippen LogP contribution in [-0.4, -0.2) is 12.1 Å². The lowest BCUT2D eigenvalue weighted by Crippen LogP contribution is -2.40. The minimum absolute atomic E-state index is 0.246. The maximum Gasteiger partial charge on any atom is 0.119 e. The molecule has 1 N–H and O–H groups in total. The molecule has 0 spiro atoms. The highest BCUT2D eigenvalue weighted by Crippen LogP contribution is 2.16. The van der Waals surface area contributed by atoms with Crippen LogP contribution in [0.3, 0.4) is 0 Å². The molecule has 0 aliphatic rings. The van der Waals surface area contributed by atoms with Gasteiger partial charge in [0.2, 0.25) is 0 Å². The van der Waals surface area contributed by atoms with Crippen molar-refractivity contribution in [1.82, 2.24) is 5.32 Å². The highest BCUT2D eigenvalue weighted by atomic mass is 16.5. The van der Waals surface area contributed by atoms with E-state index in [9.17, 15) is 0 Å². The number of unbranched alkanes of at least 4 members (excludes halogenated alkanes) is 1. The quantitative estimate of drug-likeness (QED) is 0.661. The van der Waals surface area contributed by atoms with Crippen molar-refractivity contribution in [2.45, 2.75) is 65.5 Å². The fourth-order valence-electron chi connectivity index (χ4n) is 1.85. The maximum atomic E-state index is 5.67. The van der Waals surface area contributed by atoms with Crippen molar-refractivity contribution >= 4 is 0 Å². The van der Waals surface area contributed by atoms with E-state index in [1.54, 1.807) is 0 Å².